The Morgan fingerprint density at radius 1 is 1.21 bits per heavy atom. The van der Waals surface area contributed by atoms with Crippen LogP contribution in [0.2, 0.25) is 0 Å². The van der Waals surface area contributed by atoms with Gasteiger partial charge in [-0.1, -0.05) is 12.8 Å². The average molecular weight is 333 g/mol. The van der Waals surface area contributed by atoms with Gasteiger partial charge in [-0.2, -0.15) is 0 Å². The lowest BCUT2D eigenvalue weighted by molar-refractivity contribution is -0.147. The van der Waals surface area contributed by atoms with Crippen molar-refractivity contribution in [1.29, 1.82) is 0 Å². The molecular formula is C18H27N3O3. The second-order valence-corrected chi connectivity index (χ2v) is 7.00. The van der Waals surface area contributed by atoms with Gasteiger partial charge >= 0.3 is 5.97 Å². The fraction of sp³-hybridized carbons (Fsp3) is 0.611. The number of aromatic nitrogens is 1. The second-order valence-electron chi connectivity index (χ2n) is 7.00. The first kappa shape index (κ1) is 18.2. The van der Waals surface area contributed by atoms with Gasteiger partial charge in [0.25, 0.3) is 5.91 Å². The van der Waals surface area contributed by atoms with Crippen LogP contribution in [0.4, 0.5) is 5.82 Å². The van der Waals surface area contributed by atoms with Crippen LogP contribution in [0.15, 0.2) is 18.3 Å². The number of amides is 1. The number of carboxylic acid groups (broad SMARTS) is 1. The Bertz CT molecular complexity index is 561. The highest BCUT2D eigenvalue weighted by Crippen LogP contribution is 2.20. The fourth-order valence-electron chi connectivity index (χ4n) is 2.70. The molecule has 24 heavy (non-hydrogen) atoms. The van der Waals surface area contributed by atoms with E-state index in [1.165, 1.54) is 25.7 Å². The summed E-state index contributed by atoms with van der Waals surface area (Å²) in [4.78, 5) is 29.9. The van der Waals surface area contributed by atoms with Gasteiger partial charge in [-0.3, -0.25) is 9.59 Å². The molecule has 1 aliphatic rings. The maximum absolute atomic E-state index is 12.1. The van der Waals surface area contributed by atoms with Crippen molar-refractivity contribution < 1.29 is 14.7 Å². The lowest BCUT2D eigenvalue weighted by atomic mass is 9.90. The number of pyridine rings is 1. The zero-order chi connectivity index (χ0) is 17.6. The Labute approximate surface area is 143 Å². The fourth-order valence-corrected chi connectivity index (χ4v) is 2.70. The van der Waals surface area contributed by atoms with Crippen LogP contribution in [0.1, 0.15) is 56.3 Å². The van der Waals surface area contributed by atoms with Crippen LogP contribution in [-0.4, -0.2) is 41.6 Å². The van der Waals surface area contributed by atoms with Crippen molar-refractivity contribution in [1.82, 2.24) is 10.3 Å². The smallest absolute Gasteiger partial charge is 0.309 e. The molecule has 1 aromatic rings. The van der Waals surface area contributed by atoms with Gasteiger partial charge in [0.05, 0.1) is 11.0 Å². The molecule has 0 bridgehead atoms. The molecule has 0 radical (unpaired) electrons. The molecule has 132 valence electrons. The molecule has 1 amide bonds. The van der Waals surface area contributed by atoms with Gasteiger partial charge in [-0.05, 0) is 45.2 Å². The van der Waals surface area contributed by atoms with Gasteiger partial charge in [-0.15, -0.1) is 0 Å². The molecule has 1 fully saturated rings. The van der Waals surface area contributed by atoms with Crippen LogP contribution in [0.25, 0.3) is 0 Å². The van der Waals surface area contributed by atoms with Crippen LogP contribution in [0.5, 0.6) is 0 Å². The van der Waals surface area contributed by atoms with E-state index in [1.807, 2.05) is 6.07 Å². The van der Waals surface area contributed by atoms with Crippen LogP contribution in [0, 0.1) is 5.41 Å². The minimum atomic E-state index is -0.861. The summed E-state index contributed by atoms with van der Waals surface area (Å²) in [5.74, 6) is -0.160. The van der Waals surface area contributed by atoms with Gasteiger partial charge in [-0.25, -0.2) is 4.98 Å². The number of carboxylic acids is 1. The van der Waals surface area contributed by atoms with E-state index in [4.69, 9.17) is 5.11 Å². The SMILES string of the molecule is CC(C)(CCNC(=O)c1ccc(N2CCCCCC2)nc1)C(=O)O. The van der Waals surface area contributed by atoms with Crippen molar-refractivity contribution in [2.24, 2.45) is 5.41 Å². The lowest BCUT2D eigenvalue weighted by Gasteiger charge is -2.21. The molecule has 2 rings (SSSR count). The van der Waals surface area contributed by atoms with E-state index >= 15 is 0 Å². The minimum absolute atomic E-state index is 0.217. The number of nitrogens with one attached hydrogen (secondary N) is 1. The third-order valence-corrected chi connectivity index (χ3v) is 4.55. The number of anilines is 1. The first-order chi connectivity index (χ1) is 11.4. The lowest BCUT2D eigenvalue weighted by Crippen LogP contribution is -2.32. The third-order valence-electron chi connectivity index (χ3n) is 4.55. The quantitative estimate of drug-likeness (QED) is 0.836. The van der Waals surface area contributed by atoms with E-state index < -0.39 is 11.4 Å². The molecule has 0 spiro atoms. The van der Waals surface area contributed by atoms with Gasteiger partial charge in [0, 0.05) is 25.8 Å². The Kier molecular flexibility index (Phi) is 6.17. The van der Waals surface area contributed by atoms with Crippen molar-refractivity contribution in [3.05, 3.63) is 23.9 Å². The summed E-state index contributed by atoms with van der Waals surface area (Å²) in [6, 6.07) is 3.67. The van der Waals surface area contributed by atoms with Crippen molar-refractivity contribution in [2.45, 2.75) is 46.0 Å². The molecule has 0 saturated carbocycles. The topological polar surface area (TPSA) is 82.5 Å². The van der Waals surface area contributed by atoms with Crippen LogP contribution < -0.4 is 10.2 Å². The first-order valence-electron chi connectivity index (χ1n) is 8.63. The van der Waals surface area contributed by atoms with Gasteiger partial charge in [0.2, 0.25) is 0 Å². The summed E-state index contributed by atoms with van der Waals surface area (Å²) in [5.41, 5.74) is -0.344. The molecule has 2 N–H and O–H groups in total. The molecule has 0 aromatic carbocycles. The Morgan fingerprint density at radius 3 is 2.42 bits per heavy atom. The molecule has 1 aromatic heterocycles. The molecule has 6 heteroatoms. The molecule has 2 heterocycles. The number of hydrogen-bond donors (Lipinski definition) is 2. The summed E-state index contributed by atoms with van der Waals surface area (Å²) in [5, 5.41) is 11.8. The highest BCUT2D eigenvalue weighted by Gasteiger charge is 2.26. The summed E-state index contributed by atoms with van der Waals surface area (Å²) >= 11 is 0. The molecule has 1 saturated heterocycles. The Hall–Kier alpha value is -2.11. The van der Waals surface area contributed by atoms with Crippen LogP contribution in [0.3, 0.4) is 0 Å². The largest absolute Gasteiger partial charge is 0.481 e. The number of hydrogen-bond acceptors (Lipinski definition) is 4. The molecule has 6 nitrogen and oxygen atoms in total. The van der Waals surface area contributed by atoms with Crippen molar-refractivity contribution >= 4 is 17.7 Å². The summed E-state index contributed by atoms with van der Waals surface area (Å²) in [6.07, 6.45) is 6.88. The summed E-state index contributed by atoms with van der Waals surface area (Å²) in [6.45, 7) is 5.66. The number of nitrogens with zero attached hydrogens (tertiary/aromatic N) is 2. The second kappa shape index (κ2) is 8.13. The standard InChI is InChI=1S/C18H27N3O3/c1-18(2,17(23)24)9-10-19-16(22)14-7-8-15(20-13-14)21-11-5-3-4-6-12-21/h7-8,13H,3-6,9-12H2,1-2H3,(H,19,22)(H,23,24). The van der Waals surface area contributed by atoms with Gasteiger partial charge < -0.3 is 15.3 Å². The van der Waals surface area contributed by atoms with Crippen molar-refractivity contribution in [3.8, 4) is 0 Å². The Balaban J connectivity index is 1.88. The molecule has 0 aliphatic carbocycles. The normalized spacial score (nSPS) is 15.7. The zero-order valence-electron chi connectivity index (χ0n) is 14.5. The van der Waals surface area contributed by atoms with Crippen molar-refractivity contribution in [3.63, 3.8) is 0 Å². The monoisotopic (exact) mass is 333 g/mol. The number of carbonyl (C=O) groups is 2. The average Bonchev–Trinajstić information content (AvgIpc) is 2.84. The molecule has 1 aliphatic heterocycles. The highest BCUT2D eigenvalue weighted by atomic mass is 16.4. The van der Waals surface area contributed by atoms with Crippen LogP contribution in [-0.2, 0) is 4.79 Å². The highest BCUT2D eigenvalue weighted by molar-refractivity contribution is 5.94. The van der Waals surface area contributed by atoms with Gasteiger partial charge in [0.1, 0.15) is 5.82 Å². The van der Waals surface area contributed by atoms with E-state index in [0.717, 1.165) is 18.9 Å². The van der Waals surface area contributed by atoms with Crippen LogP contribution >= 0.6 is 0 Å². The molecule has 0 atom stereocenters. The molecular weight excluding hydrogens is 306 g/mol. The maximum Gasteiger partial charge on any atom is 0.309 e. The van der Waals surface area contributed by atoms with Crippen molar-refractivity contribution in [2.75, 3.05) is 24.5 Å². The van der Waals surface area contributed by atoms with E-state index in [2.05, 4.69) is 15.2 Å². The molecule has 0 unspecified atom stereocenters. The number of rotatable bonds is 6. The van der Waals surface area contributed by atoms with E-state index in [9.17, 15) is 9.59 Å². The van der Waals surface area contributed by atoms with E-state index in [1.54, 1.807) is 26.1 Å². The zero-order valence-corrected chi connectivity index (χ0v) is 14.5. The predicted octanol–water partition coefficient (Wildman–Crippen LogP) is 2.69. The number of aliphatic carboxylic acids is 1. The predicted molar refractivity (Wildman–Crippen MR) is 93.3 cm³/mol. The first-order valence-corrected chi connectivity index (χ1v) is 8.63. The van der Waals surface area contributed by atoms with E-state index in [-0.39, 0.29) is 5.91 Å². The third kappa shape index (κ3) is 4.94. The van der Waals surface area contributed by atoms with Gasteiger partial charge in [0.15, 0.2) is 0 Å². The van der Waals surface area contributed by atoms with E-state index in [0.29, 0.717) is 18.5 Å². The Morgan fingerprint density at radius 2 is 1.88 bits per heavy atom. The maximum atomic E-state index is 12.1. The number of carbonyl (C=O) groups excluding carboxylic acids is 1. The summed E-state index contributed by atoms with van der Waals surface area (Å²) < 4.78 is 0. The minimum Gasteiger partial charge on any atom is -0.481 e. The summed E-state index contributed by atoms with van der Waals surface area (Å²) in [7, 11) is 0.